The highest BCUT2D eigenvalue weighted by atomic mass is 19.4. The molecule has 0 heterocycles. The van der Waals surface area contributed by atoms with Crippen LogP contribution in [0.5, 0.6) is 0 Å². The van der Waals surface area contributed by atoms with Crippen LogP contribution in [0, 0.1) is 0 Å². The Hall–Kier alpha value is -1.92. The van der Waals surface area contributed by atoms with Gasteiger partial charge in [-0.2, -0.15) is 13.2 Å². The monoisotopic (exact) mass is 275 g/mol. The molecule has 1 amide bonds. The molecule has 0 saturated carbocycles. The van der Waals surface area contributed by atoms with Gasteiger partial charge in [0.05, 0.1) is 11.3 Å². The zero-order chi connectivity index (χ0) is 14.6. The number of amides is 1. The lowest BCUT2D eigenvalue weighted by molar-refractivity contribution is -0.119. The number of benzene rings is 1. The van der Waals surface area contributed by atoms with E-state index in [0.717, 1.165) is 4.90 Å². The van der Waals surface area contributed by atoms with E-state index in [1.165, 1.54) is 25.2 Å². The number of carbonyl (C=O) groups excluding carboxylic acids is 1. The minimum Gasteiger partial charge on any atom is -0.399 e. The number of nitrogen functional groups attached to an aromatic ring is 1. The van der Waals surface area contributed by atoms with Crippen molar-refractivity contribution in [2.75, 3.05) is 30.8 Å². The third kappa shape index (κ3) is 4.35. The fourth-order valence-electron chi connectivity index (χ4n) is 1.67. The summed E-state index contributed by atoms with van der Waals surface area (Å²) in [6.07, 6.45) is -4.35. The predicted molar refractivity (Wildman–Crippen MR) is 68.2 cm³/mol. The lowest BCUT2D eigenvalue weighted by Crippen LogP contribution is -2.33. The third-order valence-electron chi connectivity index (χ3n) is 2.43. The van der Waals surface area contributed by atoms with E-state index in [4.69, 9.17) is 5.73 Å². The second-order valence-electron chi connectivity index (χ2n) is 4.11. The van der Waals surface area contributed by atoms with Gasteiger partial charge >= 0.3 is 6.18 Å². The summed E-state index contributed by atoms with van der Waals surface area (Å²) in [5, 5.41) is 2.55. The number of nitrogens with two attached hydrogens (primary N) is 1. The summed E-state index contributed by atoms with van der Waals surface area (Å²) in [7, 11) is 1.27. The minimum absolute atomic E-state index is 0.156. The van der Waals surface area contributed by atoms with Crippen molar-refractivity contribution in [3.8, 4) is 0 Å². The molecule has 3 N–H and O–H groups in total. The van der Waals surface area contributed by atoms with E-state index >= 15 is 0 Å². The second-order valence-corrected chi connectivity index (χ2v) is 4.11. The molecule has 0 fully saturated rings. The van der Waals surface area contributed by atoms with Crippen LogP contribution in [0.15, 0.2) is 18.2 Å². The van der Waals surface area contributed by atoms with Gasteiger partial charge in [0.2, 0.25) is 0 Å². The molecule has 4 nitrogen and oxygen atoms in total. The van der Waals surface area contributed by atoms with Crippen LogP contribution < -0.4 is 16.0 Å². The molecule has 0 aliphatic heterocycles. The Morgan fingerprint density at radius 2 is 2.05 bits per heavy atom. The fourth-order valence-corrected chi connectivity index (χ4v) is 1.67. The normalized spacial score (nSPS) is 11.2. The fraction of sp³-hybridized carbons (Fsp3) is 0.417. The van der Waals surface area contributed by atoms with Gasteiger partial charge in [0.15, 0.2) is 0 Å². The molecule has 0 aliphatic rings. The van der Waals surface area contributed by atoms with E-state index in [1.54, 1.807) is 6.92 Å². The summed E-state index contributed by atoms with van der Waals surface area (Å²) in [6, 6.07) is 4.26. The number of halogens is 3. The van der Waals surface area contributed by atoms with Crippen molar-refractivity contribution in [2.24, 2.45) is 0 Å². The van der Waals surface area contributed by atoms with Crippen molar-refractivity contribution >= 4 is 17.3 Å². The summed E-state index contributed by atoms with van der Waals surface area (Å²) in [5.41, 5.74) is 6.19. The Bertz CT molecular complexity index is 460. The Labute approximate surface area is 109 Å². The number of alkyl halides is 3. The van der Waals surface area contributed by atoms with Gasteiger partial charge < -0.3 is 16.0 Å². The Morgan fingerprint density at radius 3 is 2.58 bits per heavy atom. The van der Waals surface area contributed by atoms with Gasteiger partial charge in [-0.3, -0.25) is 4.79 Å². The summed E-state index contributed by atoms with van der Waals surface area (Å²) in [5.74, 6) is -0.425. The Morgan fingerprint density at radius 1 is 1.42 bits per heavy atom. The topological polar surface area (TPSA) is 58.4 Å². The first kappa shape index (κ1) is 15.1. The molecule has 0 saturated heterocycles. The number of nitrogens with zero attached hydrogens (tertiary/aromatic N) is 1. The maximum atomic E-state index is 12.4. The zero-order valence-corrected chi connectivity index (χ0v) is 10.7. The van der Waals surface area contributed by atoms with Crippen LogP contribution in [-0.4, -0.2) is 32.2 Å². The van der Waals surface area contributed by atoms with Gasteiger partial charge in [-0.15, -0.1) is 0 Å². The van der Waals surface area contributed by atoms with E-state index in [0.29, 0.717) is 12.2 Å². The summed E-state index contributed by atoms with van der Waals surface area (Å²) in [6.45, 7) is 0.975. The molecule has 0 unspecified atom stereocenters. The average Bonchev–Trinajstić information content (AvgIpc) is 2.26. The van der Waals surface area contributed by atoms with E-state index in [2.05, 4.69) is 5.32 Å². The van der Waals surface area contributed by atoms with Crippen LogP contribution in [0.1, 0.15) is 17.3 Å². The molecule has 0 aliphatic carbocycles. The summed E-state index contributed by atoms with van der Waals surface area (Å²) < 4.78 is 37.2. The van der Waals surface area contributed by atoms with Crippen LogP contribution in [0.3, 0.4) is 0 Å². The molecule has 0 aromatic heterocycles. The molecule has 0 radical (unpaired) electrons. The molecule has 106 valence electrons. The largest absolute Gasteiger partial charge is 0.405 e. The smallest absolute Gasteiger partial charge is 0.399 e. The number of nitrogens with one attached hydrogen (secondary N) is 1. The SMILES string of the molecule is CCNC(=O)c1ccc(N)cc1N(C)CC(F)(F)F. The number of carbonyl (C=O) groups is 1. The van der Waals surface area contributed by atoms with Crippen molar-refractivity contribution in [1.82, 2.24) is 5.32 Å². The maximum Gasteiger partial charge on any atom is 0.405 e. The summed E-state index contributed by atoms with van der Waals surface area (Å²) >= 11 is 0. The van der Waals surface area contributed by atoms with Gasteiger partial charge in [-0.25, -0.2) is 0 Å². The van der Waals surface area contributed by atoms with Crippen LogP contribution in [0.4, 0.5) is 24.5 Å². The third-order valence-corrected chi connectivity index (χ3v) is 2.43. The number of hydrogen-bond donors (Lipinski definition) is 2. The van der Waals surface area contributed by atoms with Crippen molar-refractivity contribution in [1.29, 1.82) is 0 Å². The summed E-state index contributed by atoms with van der Waals surface area (Å²) in [4.78, 5) is 12.7. The van der Waals surface area contributed by atoms with E-state index < -0.39 is 18.6 Å². The van der Waals surface area contributed by atoms with Crippen LogP contribution in [0.2, 0.25) is 0 Å². The van der Waals surface area contributed by atoms with Gasteiger partial charge in [0.1, 0.15) is 6.54 Å². The second kappa shape index (κ2) is 5.81. The first-order valence-corrected chi connectivity index (χ1v) is 5.70. The Kier molecular flexibility index (Phi) is 4.63. The van der Waals surface area contributed by atoms with E-state index in [-0.39, 0.29) is 11.3 Å². The van der Waals surface area contributed by atoms with Crippen LogP contribution >= 0.6 is 0 Å². The maximum absolute atomic E-state index is 12.4. The number of hydrogen-bond acceptors (Lipinski definition) is 3. The molecule has 1 aromatic carbocycles. The highest BCUT2D eigenvalue weighted by molar-refractivity contribution is 6.00. The zero-order valence-electron chi connectivity index (χ0n) is 10.7. The highest BCUT2D eigenvalue weighted by Gasteiger charge is 2.30. The first-order valence-electron chi connectivity index (χ1n) is 5.70. The molecular weight excluding hydrogens is 259 g/mol. The molecule has 1 rings (SSSR count). The van der Waals surface area contributed by atoms with E-state index in [1.807, 2.05) is 0 Å². The standard InChI is InChI=1S/C12H16F3N3O/c1-3-17-11(19)9-5-4-8(16)6-10(9)18(2)7-12(13,14)15/h4-6H,3,7,16H2,1-2H3,(H,17,19). The predicted octanol–water partition coefficient (Wildman–Crippen LogP) is 2.02. The lowest BCUT2D eigenvalue weighted by atomic mass is 10.1. The molecular formula is C12H16F3N3O. The molecule has 1 aromatic rings. The molecule has 0 spiro atoms. The number of rotatable bonds is 4. The van der Waals surface area contributed by atoms with Crippen LogP contribution in [-0.2, 0) is 0 Å². The van der Waals surface area contributed by atoms with Gasteiger partial charge in [-0.1, -0.05) is 0 Å². The molecule has 0 atom stereocenters. The van der Waals surface area contributed by atoms with Crippen molar-refractivity contribution in [2.45, 2.75) is 13.1 Å². The van der Waals surface area contributed by atoms with Crippen LogP contribution in [0.25, 0.3) is 0 Å². The van der Waals surface area contributed by atoms with Gasteiger partial charge in [-0.05, 0) is 25.1 Å². The minimum atomic E-state index is -4.35. The molecule has 7 heteroatoms. The van der Waals surface area contributed by atoms with E-state index in [9.17, 15) is 18.0 Å². The molecule has 19 heavy (non-hydrogen) atoms. The lowest BCUT2D eigenvalue weighted by Gasteiger charge is -2.23. The van der Waals surface area contributed by atoms with Gasteiger partial charge in [0.25, 0.3) is 5.91 Å². The average molecular weight is 275 g/mol. The first-order chi connectivity index (χ1) is 8.74. The van der Waals surface area contributed by atoms with Gasteiger partial charge in [0, 0.05) is 19.3 Å². The highest BCUT2D eigenvalue weighted by Crippen LogP contribution is 2.26. The van der Waals surface area contributed by atoms with Crippen molar-refractivity contribution in [3.05, 3.63) is 23.8 Å². The van der Waals surface area contributed by atoms with Crippen molar-refractivity contribution < 1.29 is 18.0 Å². The quantitative estimate of drug-likeness (QED) is 0.826. The Balaban J connectivity index is 3.10. The number of anilines is 2. The molecule has 0 bridgehead atoms. The van der Waals surface area contributed by atoms with Crippen molar-refractivity contribution in [3.63, 3.8) is 0 Å².